The monoisotopic (exact) mass is 258 g/mol. The van der Waals surface area contributed by atoms with Gasteiger partial charge in [0.25, 0.3) is 0 Å². The second-order valence-corrected chi connectivity index (χ2v) is 3.48. The minimum Gasteiger partial charge on any atom is -0.298 e. The maximum Gasteiger partial charge on any atom is 0.153 e. The van der Waals surface area contributed by atoms with Crippen molar-refractivity contribution < 1.29 is 4.79 Å². The van der Waals surface area contributed by atoms with E-state index in [4.69, 9.17) is 46.4 Å². The number of carbonyl (C=O) groups excluding carboxylic acids is 1. The number of hydrogen-bond acceptors (Lipinski definition) is 1. The number of aldehydes is 1. The fourth-order valence-electron chi connectivity index (χ4n) is 0.623. The van der Waals surface area contributed by atoms with E-state index in [1.165, 1.54) is 0 Å². The van der Waals surface area contributed by atoms with Crippen LogP contribution in [0.4, 0.5) is 0 Å². The quantitative estimate of drug-likeness (QED) is 0.545. The molecule has 1 rings (SSSR count). The standard InChI is InChI=1S/C7H4Cl2O.CH2Cl2/c8-6-2-1-3-7(9)5(6)4-10;2-1-3/h1-4H;1H2. The maximum absolute atomic E-state index is 10.3. The van der Waals surface area contributed by atoms with Crippen LogP contribution in [0.2, 0.25) is 10.0 Å². The van der Waals surface area contributed by atoms with E-state index >= 15 is 0 Å². The third-order valence-electron chi connectivity index (χ3n) is 1.12. The summed E-state index contributed by atoms with van der Waals surface area (Å²) in [7, 11) is 0. The van der Waals surface area contributed by atoms with Gasteiger partial charge in [-0.05, 0) is 12.1 Å². The van der Waals surface area contributed by atoms with Crippen LogP contribution in [0, 0.1) is 0 Å². The van der Waals surface area contributed by atoms with Gasteiger partial charge in [0.05, 0.1) is 20.9 Å². The zero-order valence-electron chi connectivity index (χ0n) is 6.44. The smallest absolute Gasteiger partial charge is 0.153 e. The van der Waals surface area contributed by atoms with Crippen LogP contribution in [-0.2, 0) is 0 Å². The number of rotatable bonds is 1. The van der Waals surface area contributed by atoms with Crippen LogP contribution >= 0.6 is 46.4 Å². The van der Waals surface area contributed by atoms with Gasteiger partial charge in [-0.3, -0.25) is 4.79 Å². The number of alkyl halides is 2. The molecular weight excluding hydrogens is 254 g/mol. The lowest BCUT2D eigenvalue weighted by atomic mass is 10.2. The molecule has 0 fully saturated rings. The van der Waals surface area contributed by atoms with Crippen molar-refractivity contribution in [1.29, 1.82) is 0 Å². The van der Waals surface area contributed by atoms with Crippen LogP contribution in [0.3, 0.4) is 0 Å². The molecule has 13 heavy (non-hydrogen) atoms. The number of halogens is 4. The summed E-state index contributed by atoms with van der Waals surface area (Å²) in [5, 5.41) is 0.977. The Morgan fingerprint density at radius 3 is 1.77 bits per heavy atom. The number of hydrogen-bond donors (Lipinski definition) is 0. The summed E-state index contributed by atoms with van der Waals surface area (Å²) in [5.41, 5.74) is 0.353. The first kappa shape index (κ1) is 13.1. The molecule has 0 atom stereocenters. The van der Waals surface area contributed by atoms with Crippen molar-refractivity contribution in [3.05, 3.63) is 33.8 Å². The van der Waals surface area contributed by atoms with Crippen LogP contribution in [0.25, 0.3) is 0 Å². The summed E-state index contributed by atoms with van der Waals surface area (Å²) >= 11 is 20.8. The van der Waals surface area contributed by atoms with Gasteiger partial charge in [-0.1, -0.05) is 29.3 Å². The van der Waals surface area contributed by atoms with E-state index in [9.17, 15) is 4.79 Å². The fourth-order valence-corrected chi connectivity index (χ4v) is 1.11. The van der Waals surface area contributed by atoms with Crippen molar-refractivity contribution in [3.63, 3.8) is 0 Å². The van der Waals surface area contributed by atoms with Crippen molar-refractivity contribution >= 4 is 52.7 Å². The van der Waals surface area contributed by atoms with Gasteiger partial charge in [-0.2, -0.15) is 0 Å². The van der Waals surface area contributed by atoms with Crippen LogP contribution in [0.1, 0.15) is 10.4 Å². The molecule has 0 bridgehead atoms. The molecule has 0 saturated carbocycles. The predicted molar refractivity (Wildman–Crippen MR) is 58.4 cm³/mol. The Balaban J connectivity index is 0.000000424. The second-order valence-electron chi connectivity index (χ2n) is 1.85. The molecule has 0 saturated heterocycles. The van der Waals surface area contributed by atoms with Crippen LogP contribution in [-0.4, -0.2) is 11.6 Å². The average Bonchev–Trinajstić information content (AvgIpc) is 2.06. The van der Waals surface area contributed by atoms with E-state index in [1.807, 2.05) is 0 Å². The predicted octanol–water partition coefficient (Wildman–Crippen LogP) is 4.23. The van der Waals surface area contributed by atoms with Gasteiger partial charge >= 0.3 is 0 Å². The van der Waals surface area contributed by atoms with E-state index < -0.39 is 0 Å². The van der Waals surface area contributed by atoms with Gasteiger partial charge in [0.2, 0.25) is 0 Å². The van der Waals surface area contributed by atoms with Gasteiger partial charge in [-0.15, -0.1) is 23.2 Å². The molecule has 0 aromatic heterocycles. The molecule has 0 heterocycles. The zero-order chi connectivity index (χ0) is 10.3. The van der Waals surface area contributed by atoms with Crippen LogP contribution in [0.5, 0.6) is 0 Å². The molecule has 1 nitrogen and oxygen atoms in total. The molecule has 0 amide bonds. The summed E-state index contributed by atoms with van der Waals surface area (Å²) < 4.78 is 0. The first-order chi connectivity index (χ1) is 6.17. The molecule has 72 valence electrons. The normalized spacial score (nSPS) is 8.62. The average molecular weight is 260 g/mol. The van der Waals surface area contributed by atoms with Gasteiger partial charge in [0.15, 0.2) is 6.29 Å². The largest absolute Gasteiger partial charge is 0.298 e. The van der Waals surface area contributed by atoms with Crippen molar-refractivity contribution in [2.24, 2.45) is 0 Å². The van der Waals surface area contributed by atoms with E-state index in [2.05, 4.69) is 0 Å². The minimum absolute atomic E-state index is 0.194. The Kier molecular flexibility index (Phi) is 7.48. The molecule has 0 unspecified atom stereocenters. The molecule has 0 N–H and O–H groups in total. The summed E-state index contributed by atoms with van der Waals surface area (Å²) in [4.78, 5) is 10.3. The topological polar surface area (TPSA) is 17.1 Å². The van der Waals surface area contributed by atoms with E-state index in [1.54, 1.807) is 18.2 Å². The zero-order valence-corrected chi connectivity index (χ0v) is 9.46. The minimum atomic E-state index is 0.194. The third kappa shape index (κ3) is 4.72. The molecule has 0 aliphatic heterocycles. The van der Waals surface area contributed by atoms with Crippen LogP contribution in [0.15, 0.2) is 18.2 Å². The Morgan fingerprint density at radius 2 is 1.54 bits per heavy atom. The lowest BCUT2D eigenvalue weighted by Crippen LogP contribution is -1.81. The molecule has 5 heteroatoms. The van der Waals surface area contributed by atoms with Crippen molar-refractivity contribution in [2.75, 3.05) is 5.34 Å². The third-order valence-corrected chi connectivity index (χ3v) is 1.78. The van der Waals surface area contributed by atoms with Gasteiger partial charge in [0.1, 0.15) is 0 Å². The summed E-state index contributed by atoms with van der Waals surface area (Å²) in [6.45, 7) is 0. The van der Waals surface area contributed by atoms with Gasteiger partial charge in [-0.25, -0.2) is 0 Å². The van der Waals surface area contributed by atoms with Gasteiger partial charge in [0, 0.05) is 0 Å². The Morgan fingerprint density at radius 1 is 1.15 bits per heavy atom. The lowest BCUT2D eigenvalue weighted by Gasteiger charge is -1.95. The highest BCUT2D eigenvalue weighted by molar-refractivity contribution is 6.40. The van der Waals surface area contributed by atoms with E-state index in [0.29, 0.717) is 21.9 Å². The first-order valence-electron chi connectivity index (χ1n) is 3.18. The molecule has 0 aliphatic carbocycles. The van der Waals surface area contributed by atoms with Crippen LogP contribution < -0.4 is 0 Å². The van der Waals surface area contributed by atoms with Crippen molar-refractivity contribution in [3.8, 4) is 0 Å². The molecule has 1 aromatic carbocycles. The molecular formula is C8H6Cl4O. The van der Waals surface area contributed by atoms with Crippen molar-refractivity contribution in [1.82, 2.24) is 0 Å². The highest BCUT2D eigenvalue weighted by Crippen LogP contribution is 2.21. The number of carbonyl (C=O) groups is 1. The number of benzene rings is 1. The molecule has 0 radical (unpaired) electrons. The fraction of sp³-hybridized carbons (Fsp3) is 0.125. The lowest BCUT2D eigenvalue weighted by molar-refractivity contribution is 0.112. The molecule has 0 spiro atoms. The highest BCUT2D eigenvalue weighted by Gasteiger charge is 2.01. The van der Waals surface area contributed by atoms with Gasteiger partial charge < -0.3 is 0 Å². The first-order valence-corrected chi connectivity index (χ1v) is 5.01. The summed E-state index contributed by atoms with van der Waals surface area (Å²) in [5.74, 6) is 0. The highest BCUT2D eigenvalue weighted by atomic mass is 35.5. The van der Waals surface area contributed by atoms with E-state index in [0.717, 1.165) is 0 Å². The summed E-state index contributed by atoms with van der Waals surface area (Å²) in [6, 6.07) is 4.94. The molecule has 1 aromatic rings. The Labute approximate surface area is 96.5 Å². The summed E-state index contributed by atoms with van der Waals surface area (Å²) in [6.07, 6.45) is 0.644. The maximum atomic E-state index is 10.3. The molecule has 0 aliphatic rings. The SMILES string of the molecule is ClCCl.O=Cc1c(Cl)cccc1Cl. The second kappa shape index (κ2) is 7.45. The van der Waals surface area contributed by atoms with Crippen molar-refractivity contribution in [2.45, 2.75) is 0 Å². The Hall–Kier alpha value is 0.0500. The van der Waals surface area contributed by atoms with E-state index in [-0.39, 0.29) is 5.34 Å². The Bertz CT molecular complexity index is 255.